The Kier molecular flexibility index (Phi) is 4.07. The smallest absolute Gasteiger partial charge is 0.274 e. The quantitative estimate of drug-likeness (QED) is 0.333. The zero-order chi connectivity index (χ0) is 15.4. The fourth-order valence-corrected chi connectivity index (χ4v) is 1.85. The number of benzene rings is 1. The summed E-state index contributed by atoms with van der Waals surface area (Å²) in [4.78, 5) is 16.1. The van der Waals surface area contributed by atoms with Crippen molar-refractivity contribution in [3.63, 3.8) is 0 Å². The molecule has 0 aliphatic carbocycles. The minimum Gasteiger partial charge on any atom is -0.495 e. The molecule has 0 spiro atoms. The van der Waals surface area contributed by atoms with Crippen molar-refractivity contribution in [1.82, 2.24) is 9.55 Å². The average Bonchev–Trinajstić information content (AvgIpc) is 2.92. The van der Waals surface area contributed by atoms with Crippen LogP contribution in [-0.4, -0.2) is 33.6 Å². The number of nitrogens with two attached hydrogens (primary N) is 1. The SMILES string of the molecule is COc1cccc(/C(N)=N/O)c1NC(=O)c1cncn1C. The van der Waals surface area contributed by atoms with Gasteiger partial charge in [-0.3, -0.25) is 4.79 Å². The fourth-order valence-electron chi connectivity index (χ4n) is 1.85. The number of imidazole rings is 1. The summed E-state index contributed by atoms with van der Waals surface area (Å²) in [6, 6.07) is 4.94. The minimum absolute atomic E-state index is 0.130. The Morgan fingerprint density at radius 3 is 2.86 bits per heavy atom. The van der Waals surface area contributed by atoms with Gasteiger partial charge in [0, 0.05) is 12.6 Å². The molecule has 0 aliphatic rings. The van der Waals surface area contributed by atoms with Gasteiger partial charge in [0.1, 0.15) is 11.4 Å². The van der Waals surface area contributed by atoms with Crippen molar-refractivity contribution in [1.29, 1.82) is 0 Å². The van der Waals surface area contributed by atoms with Crippen LogP contribution in [0.1, 0.15) is 16.1 Å². The van der Waals surface area contributed by atoms with Gasteiger partial charge in [0.05, 0.1) is 25.3 Å². The lowest BCUT2D eigenvalue weighted by molar-refractivity contribution is 0.101. The maximum atomic E-state index is 12.3. The molecule has 8 nitrogen and oxygen atoms in total. The van der Waals surface area contributed by atoms with Crippen LogP contribution < -0.4 is 15.8 Å². The molecule has 2 rings (SSSR count). The topological polar surface area (TPSA) is 115 Å². The minimum atomic E-state index is -0.383. The van der Waals surface area contributed by atoms with Crippen LogP contribution in [0.3, 0.4) is 0 Å². The summed E-state index contributed by atoms with van der Waals surface area (Å²) in [5.74, 6) is -0.115. The lowest BCUT2D eigenvalue weighted by Gasteiger charge is -2.14. The van der Waals surface area contributed by atoms with Gasteiger partial charge in [-0.25, -0.2) is 4.98 Å². The zero-order valence-electron chi connectivity index (χ0n) is 11.6. The number of para-hydroxylation sites is 1. The number of amidine groups is 1. The summed E-state index contributed by atoms with van der Waals surface area (Å²) < 4.78 is 6.78. The number of hydrogen-bond donors (Lipinski definition) is 3. The van der Waals surface area contributed by atoms with Crippen LogP contribution in [0.2, 0.25) is 0 Å². The van der Waals surface area contributed by atoms with Gasteiger partial charge >= 0.3 is 0 Å². The molecular weight excluding hydrogens is 274 g/mol. The highest BCUT2D eigenvalue weighted by Gasteiger charge is 2.17. The van der Waals surface area contributed by atoms with E-state index < -0.39 is 0 Å². The lowest BCUT2D eigenvalue weighted by Crippen LogP contribution is -2.21. The van der Waals surface area contributed by atoms with Crippen LogP contribution >= 0.6 is 0 Å². The van der Waals surface area contributed by atoms with Crippen LogP contribution in [-0.2, 0) is 7.05 Å². The Hall–Kier alpha value is -3.03. The van der Waals surface area contributed by atoms with Crippen LogP contribution in [0.15, 0.2) is 35.9 Å². The standard InChI is InChI=1S/C13H15N5O3/c1-18-7-15-6-9(18)13(19)16-11-8(12(14)17-20)4-3-5-10(11)21-2/h3-7,20H,1-2H3,(H2,14,17)(H,16,19). The highest BCUT2D eigenvalue weighted by molar-refractivity contribution is 6.10. The van der Waals surface area contributed by atoms with E-state index in [1.54, 1.807) is 29.8 Å². The van der Waals surface area contributed by atoms with E-state index in [4.69, 9.17) is 15.7 Å². The van der Waals surface area contributed by atoms with Gasteiger partial charge < -0.3 is 25.6 Å². The van der Waals surface area contributed by atoms with Crippen LogP contribution in [0.5, 0.6) is 5.75 Å². The number of amides is 1. The highest BCUT2D eigenvalue weighted by atomic mass is 16.5. The number of methoxy groups -OCH3 is 1. The second-order valence-corrected chi connectivity index (χ2v) is 4.21. The molecule has 1 amide bonds. The maximum absolute atomic E-state index is 12.3. The summed E-state index contributed by atoms with van der Waals surface area (Å²) in [5.41, 5.74) is 6.66. The van der Waals surface area contributed by atoms with E-state index in [0.717, 1.165) is 0 Å². The molecule has 21 heavy (non-hydrogen) atoms. The average molecular weight is 289 g/mol. The Morgan fingerprint density at radius 2 is 2.29 bits per heavy atom. The largest absolute Gasteiger partial charge is 0.495 e. The summed E-state index contributed by atoms with van der Waals surface area (Å²) in [6.45, 7) is 0. The van der Waals surface area contributed by atoms with Crippen LogP contribution in [0.25, 0.3) is 0 Å². The third kappa shape index (κ3) is 2.78. The van der Waals surface area contributed by atoms with Gasteiger partial charge in [0.2, 0.25) is 0 Å². The lowest BCUT2D eigenvalue weighted by atomic mass is 10.1. The second-order valence-electron chi connectivity index (χ2n) is 4.21. The molecule has 4 N–H and O–H groups in total. The number of aryl methyl sites for hydroxylation is 1. The summed E-state index contributed by atoms with van der Waals surface area (Å²) in [6.07, 6.45) is 2.95. The maximum Gasteiger partial charge on any atom is 0.274 e. The predicted octanol–water partition coefficient (Wildman–Crippen LogP) is 0.775. The van der Waals surface area contributed by atoms with Crippen LogP contribution in [0.4, 0.5) is 5.69 Å². The van der Waals surface area contributed by atoms with E-state index in [0.29, 0.717) is 22.7 Å². The number of nitrogens with one attached hydrogen (secondary N) is 1. The molecule has 0 saturated heterocycles. The van der Waals surface area contributed by atoms with Crippen molar-refractivity contribution in [2.75, 3.05) is 12.4 Å². The number of aromatic nitrogens is 2. The molecule has 0 aliphatic heterocycles. The molecule has 110 valence electrons. The Bertz CT molecular complexity index is 693. The number of oxime groups is 1. The molecule has 0 bridgehead atoms. The number of anilines is 1. The molecule has 0 unspecified atom stereocenters. The molecule has 0 fully saturated rings. The van der Waals surface area contributed by atoms with Crippen molar-refractivity contribution in [2.45, 2.75) is 0 Å². The molecule has 0 radical (unpaired) electrons. The van der Waals surface area contributed by atoms with Crippen molar-refractivity contribution < 1.29 is 14.7 Å². The van der Waals surface area contributed by atoms with E-state index in [-0.39, 0.29) is 11.7 Å². The number of nitrogens with zero attached hydrogens (tertiary/aromatic N) is 3. The first-order valence-corrected chi connectivity index (χ1v) is 6.01. The van der Waals surface area contributed by atoms with Gasteiger partial charge in [-0.2, -0.15) is 0 Å². The van der Waals surface area contributed by atoms with Gasteiger partial charge in [-0.15, -0.1) is 0 Å². The molecule has 0 atom stereocenters. The number of carbonyl (C=O) groups is 1. The van der Waals surface area contributed by atoms with Gasteiger partial charge in [0.15, 0.2) is 5.84 Å². The first kappa shape index (κ1) is 14.4. The van der Waals surface area contributed by atoms with Crippen LogP contribution in [0, 0.1) is 0 Å². The van der Waals surface area contributed by atoms with Gasteiger partial charge in [-0.05, 0) is 12.1 Å². The Labute approximate surface area is 120 Å². The first-order chi connectivity index (χ1) is 10.1. The summed E-state index contributed by atoms with van der Waals surface area (Å²) >= 11 is 0. The number of rotatable bonds is 4. The molecule has 0 saturated carbocycles. The summed E-state index contributed by atoms with van der Waals surface area (Å²) in [7, 11) is 3.17. The van der Waals surface area contributed by atoms with Gasteiger partial charge in [0.25, 0.3) is 5.91 Å². The zero-order valence-corrected chi connectivity index (χ0v) is 11.6. The fraction of sp³-hybridized carbons (Fsp3) is 0.154. The van der Waals surface area contributed by atoms with E-state index in [1.165, 1.54) is 19.6 Å². The Balaban J connectivity index is 2.43. The number of hydrogen-bond acceptors (Lipinski definition) is 5. The van der Waals surface area contributed by atoms with Crippen molar-refractivity contribution in [3.05, 3.63) is 42.0 Å². The third-order valence-corrected chi connectivity index (χ3v) is 2.92. The van der Waals surface area contributed by atoms with E-state index >= 15 is 0 Å². The van der Waals surface area contributed by atoms with E-state index in [1.807, 2.05) is 0 Å². The van der Waals surface area contributed by atoms with E-state index in [2.05, 4.69) is 15.5 Å². The molecular formula is C13H15N5O3. The molecule has 1 aromatic heterocycles. The molecule has 8 heteroatoms. The second kappa shape index (κ2) is 5.95. The van der Waals surface area contributed by atoms with Gasteiger partial charge in [-0.1, -0.05) is 11.2 Å². The third-order valence-electron chi connectivity index (χ3n) is 2.92. The number of carbonyl (C=O) groups excluding carboxylic acids is 1. The molecule has 2 aromatic rings. The van der Waals surface area contributed by atoms with Crippen molar-refractivity contribution >= 4 is 17.4 Å². The summed E-state index contributed by atoms with van der Waals surface area (Å²) in [5, 5.41) is 14.5. The monoisotopic (exact) mass is 289 g/mol. The number of ether oxygens (including phenoxy) is 1. The molecule has 1 heterocycles. The first-order valence-electron chi connectivity index (χ1n) is 6.01. The normalized spacial score (nSPS) is 11.2. The molecule has 1 aromatic carbocycles. The van der Waals surface area contributed by atoms with E-state index in [9.17, 15) is 4.79 Å². The Morgan fingerprint density at radius 1 is 1.52 bits per heavy atom. The van der Waals surface area contributed by atoms with Crippen molar-refractivity contribution in [3.8, 4) is 5.75 Å². The predicted molar refractivity (Wildman–Crippen MR) is 76.7 cm³/mol. The highest BCUT2D eigenvalue weighted by Crippen LogP contribution is 2.28. The van der Waals surface area contributed by atoms with Crippen molar-refractivity contribution in [2.24, 2.45) is 17.9 Å².